The van der Waals surface area contributed by atoms with E-state index in [0.717, 1.165) is 31.2 Å². The minimum Gasteiger partial charge on any atom is -0.507 e. The first kappa shape index (κ1) is 14.9. The van der Waals surface area contributed by atoms with E-state index in [2.05, 4.69) is 12.2 Å². The zero-order valence-corrected chi connectivity index (χ0v) is 14.5. The first-order valence-electron chi connectivity index (χ1n) is 8.99. The molecule has 0 saturated heterocycles. The quantitative estimate of drug-likeness (QED) is 0.724. The van der Waals surface area contributed by atoms with Crippen LogP contribution in [-0.2, 0) is 6.42 Å². The number of allylic oxidation sites excluding steroid dienone is 3. The molecule has 2 aliphatic carbocycles. The second kappa shape index (κ2) is 4.84. The predicted octanol–water partition coefficient (Wildman–Crippen LogP) is 4.93. The average Bonchev–Trinajstić information content (AvgIpc) is 3.22. The largest absolute Gasteiger partial charge is 0.507 e. The van der Waals surface area contributed by atoms with Gasteiger partial charge in [0, 0.05) is 11.6 Å². The molecule has 1 saturated carbocycles. The molecule has 5 rings (SSSR count). The van der Waals surface area contributed by atoms with E-state index in [1.807, 2.05) is 19.9 Å². The van der Waals surface area contributed by atoms with Crippen molar-refractivity contribution in [2.24, 2.45) is 11.8 Å². The highest BCUT2D eigenvalue weighted by Crippen LogP contribution is 2.49. The zero-order chi connectivity index (χ0) is 17.3. The van der Waals surface area contributed by atoms with Crippen molar-refractivity contribution in [1.82, 2.24) is 0 Å². The molecule has 2 N–H and O–H groups in total. The lowest BCUT2D eigenvalue weighted by atomic mass is 9.93. The maximum Gasteiger partial charge on any atom is 0.173 e. The fourth-order valence-corrected chi connectivity index (χ4v) is 4.46. The molecule has 1 aromatic heterocycles. The lowest BCUT2D eigenvalue weighted by molar-refractivity contribution is 0.0839. The van der Waals surface area contributed by atoms with Crippen LogP contribution in [0.3, 0.4) is 0 Å². The van der Waals surface area contributed by atoms with Crippen LogP contribution in [0.5, 0.6) is 17.2 Å². The van der Waals surface area contributed by atoms with E-state index in [0.29, 0.717) is 34.3 Å². The van der Waals surface area contributed by atoms with Crippen molar-refractivity contribution in [3.8, 4) is 17.2 Å². The van der Waals surface area contributed by atoms with Crippen LogP contribution >= 0.6 is 0 Å². The number of benzene rings is 1. The third kappa shape index (κ3) is 2.20. The minimum absolute atomic E-state index is 0.0272. The van der Waals surface area contributed by atoms with Gasteiger partial charge in [0.2, 0.25) is 0 Å². The molecule has 2 unspecified atom stereocenters. The van der Waals surface area contributed by atoms with Crippen LogP contribution in [0.2, 0.25) is 0 Å². The van der Waals surface area contributed by atoms with Gasteiger partial charge in [0.25, 0.3) is 0 Å². The lowest BCUT2D eigenvalue weighted by Crippen LogP contribution is -2.32. The summed E-state index contributed by atoms with van der Waals surface area (Å²) < 4.78 is 11.9. The van der Waals surface area contributed by atoms with E-state index in [-0.39, 0.29) is 17.1 Å². The standard InChI is InChI=1S/C21H22O4/c1-21(2)6-5-14-15(25-21)10-16-18(19(14)22)20(23)17(24-16)9-13-8-11-3-4-12(13)7-11/h3-4,9-12,22-23H,5-8H2,1-2H3. The fraction of sp³-hybridized carbons (Fsp3) is 0.429. The van der Waals surface area contributed by atoms with Crippen LogP contribution < -0.4 is 4.74 Å². The number of phenols is 1. The molecule has 0 spiro atoms. The van der Waals surface area contributed by atoms with E-state index < -0.39 is 0 Å². The minimum atomic E-state index is -0.262. The predicted molar refractivity (Wildman–Crippen MR) is 95.9 cm³/mol. The van der Waals surface area contributed by atoms with Gasteiger partial charge in [0.05, 0.1) is 0 Å². The Hall–Kier alpha value is -2.36. The molecule has 1 aliphatic heterocycles. The summed E-state index contributed by atoms with van der Waals surface area (Å²) in [6.07, 6.45) is 10.2. The van der Waals surface area contributed by atoms with Crippen molar-refractivity contribution < 1.29 is 19.4 Å². The normalized spacial score (nSPS) is 27.8. The number of aromatic hydroxyl groups is 2. The summed E-state index contributed by atoms with van der Waals surface area (Å²) in [6.45, 7) is 4.07. The molecule has 2 bridgehead atoms. The third-order valence-electron chi connectivity index (χ3n) is 5.85. The Kier molecular flexibility index (Phi) is 2.89. The Bertz CT molecular complexity index is 945. The van der Waals surface area contributed by atoms with Crippen LogP contribution in [0.25, 0.3) is 17.0 Å². The molecule has 130 valence electrons. The van der Waals surface area contributed by atoms with Gasteiger partial charge in [-0.25, -0.2) is 0 Å². The van der Waals surface area contributed by atoms with Gasteiger partial charge in [0.15, 0.2) is 11.5 Å². The number of rotatable bonds is 1. The number of phenolic OH excluding ortho intramolecular Hbond substituents is 1. The second-order valence-corrected chi connectivity index (χ2v) is 8.16. The SMILES string of the molecule is CC1(C)CCc2c(cc3oc(C=C4CC5C=CC4C5)c(O)c3c2O)O1. The van der Waals surface area contributed by atoms with Gasteiger partial charge in [-0.2, -0.15) is 0 Å². The van der Waals surface area contributed by atoms with Crippen LogP contribution in [0, 0.1) is 11.8 Å². The van der Waals surface area contributed by atoms with Crippen molar-refractivity contribution in [3.05, 3.63) is 35.1 Å². The number of hydrogen-bond acceptors (Lipinski definition) is 4. The van der Waals surface area contributed by atoms with E-state index in [1.165, 1.54) is 5.57 Å². The van der Waals surface area contributed by atoms with Crippen LogP contribution in [0.4, 0.5) is 0 Å². The molecular weight excluding hydrogens is 316 g/mol. The lowest BCUT2D eigenvalue weighted by Gasteiger charge is -2.32. The molecular formula is C21H22O4. The molecule has 1 aromatic carbocycles. The van der Waals surface area contributed by atoms with E-state index >= 15 is 0 Å². The van der Waals surface area contributed by atoms with Crippen molar-refractivity contribution in [1.29, 1.82) is 0 Å². The van der Waals surface area contributed by atoms with Crippen LogP contribution in [0.1, 0.15) is 44.4 Å². The maximum absolute atomic E-state index is 10.7. The monoisotopic (exact) mass is 338 g/mol. The fourth-order valence-electron chi connectivity index (χ4n) is 4.46. The Morgan fingerprint density at radius 1 is 1.20 bits per heavy atom. The van der Waals surface area contributed by atoms with Gasteiger partial charge in [-0.15, -0.1) is 0 Å². The number of fused-ring (bicyclic) bond motifs is 4. The molecule has 0 radical (unpaired) electrons. The van der Waals surface area contributed by atoms with Crippen LogP contribution in [0.15, 0.2) is 28.2 Å². The summed E-state index contributed by atoms with van der Waals surface area (Å²) in [6, 6.07) is 1.80. The van der Waals surface area contributed by atoms with E-state index in [1.54, 1.807) is 6.07 Å². The van der Waals surface area contributed by atoms with Crippen molar-refractivity contribution >= 4 is 17.0 Å². The smallest absolute Gasteiger partial charge is 0.173 e. The summed E-state index contributed by atoms with van der Waals surface area (Å²) in [5.74, 6) is 2.28. The average molecular weight is 338 g/mol. The summed E-state index contributed by atoms with van der Waals surface area (Å²) in [5.41, 5.74) is 2.26. The molecule has 4 nitrogen and oxygen atoms in total. The molecule has 4 heteroatoms. The van der Waals surface area contributed by atoms with Crippen molar-refractivity contribution in [3.63, 3.8) is 0 Å². The molecule has 2 atom stereocenters. The van der Waals surface area contributed by atoms with Gasteiger partial charge in [-0.1, -0.05) is 17.7 Å². The van der Waals surface area contributed by atoms with Gasteiger partial charge in [0.1, 0.15) is 28.1 Å². The van der Waals surface area contributed by atoms with E-state index in [9.17, 15) is 10.2 Å². The molecule has 2 aromatic rings. The molecule has 2 heterocycles. The van der Waals surface area contributed by atoms with Crippen molar-refractivity contribution in [2.75, 3.05) is 0 Å². The first-order chi connectivity index (χ1) is 11.9. The summed E-state index contributed by atoms with van der Waals surface area (Å²) in [7, 11) is 0. The molecule has 1 fully saturated rings. The van der Waals surface area contributed by atoms with Gasteiger partial charge >= 0.3 is 0 Å². The highest BCUT2D eigenvalue weighted by molar-refractivity contribution is 5.95. The third-order valence-corrected chi connectivity index (χ3v) is 5.85. The second-order valence-electron chi connectivity index (χ2n) is 8.16. The van der Waals surface area contributed by atoms with Crippen molar-refractivity contribution in [2.45, 2.75) is 45.1 Å². The summed E-state index contributed by atoms with van der Waals surface area (Å²) >= 11 is 0. The number of ether oxygens (including phenoxy) is 1. The molecule has 25 heavy (non-hydrogen) atoms. The molecule has 3 aliphatic rings. The number of hydrogen-bond donors (Lipinski definition) is 2. The Balaban J connectivity index is 1.63. The molecule has 0 amide bonds. The summed E-state index contributed by atoms with van der Waals surface area (Å²) in [4.78, 5) is 0. The summed E-state index contributed by atoms with van der Waals surface area (Å²) in [5, 5.41) is 21.7. The Labute approximate surface area is 146 Å². The van der Waals surface area contributed by atoms with Gasteiger partial charge in [-0.05, 0) is 57.4 Å². The first-order valence-corrected chi connectivity index (χ1v) is 8.99. The maximum atomic E-state index is 10.7. The Morgan fingerprint density at radius 3 is 2.76 bits per heavy atom. The zero-order valence-electron chi connectivity index (χ0n) is 14.5. The van der Waals surface area contributed by atoms with Crippen LogP contribution in [-0.4, -0.2) is 15.8 Å². The van der Waals surface area contributed by atoms with Gasteiger partial charge < -0.3 is 19.4 Å². The highest BCUT2D eigenvalue weighted by Gasteiger charge is 2.33. The highest BCUT2D eigenvalue weighted by atomic mass is 16.5. The van der Waals surface area contributed by atoms with E-state index in [4.69, 9.17) is 9.15 Å². The Morgan fingerprint density at radius 2 is 2.04 bits per heavy atom. The van der Waals surface area contributed by atoms with Gasteiger partial charge in [-0.3, -0.25) is 0 Å². The topological polar surface area (TPSA) is 62.8 Å². The number of furan rings is 1.